The predicted molar refractivity (Wildman–Crippen MR) is 119 cm³/mol. The number of benzene rings is 2. The van der Waals surface area contributed by atoms with Gasteiger partial charge in [-0.3, -0.25) is 24.5 Å². The van der Waals surface area contributed by atoms with Gasteiger partial charge in [0, 0.05) is 12.1 Å². The molecule has 3 aromatic rings. The van der Waals surface area contributed by atoms with Crippen LogP contribution >= 0.6 is 11.3 Å². The highest BCUT2D eigenvalue weighted by Gasteiger charge is 2.11. The summed E-state index contributed by atoms with van der Waals surface area (Å²) in [5.74, 6) is -0.639. The summed E-state index contributed by atoms with van der Waals surface area (Å²) in [5.41, 5.74) is 0.609. The monoisotopic (exact) mass is 469 g/mol. The molecule has 2 amide bonds. The second-order valence-electron chi connectivity index (χ2n) is 6.60. The fourth-order valence-electron chi connectivity index (χ4n) is 2.57. The zero-order valence-electron chi connectivity index (χ0n) is 17.2. The van der Waals surface area contributed by atoms with Gasteiger partial charge in [-0.15, -0.1) is 11.3 Å². The average molecular weight is 469 g/mol. The molecule has 0 saturated heterocycles. The van der Waals surface area contributed by atoms with Crippen LogP contribution in [0.25, 0.3) is 0 Å². The zero-order chi connectivity index (χ0) is 23.6. The number of esters is 1. The third-order valence-corrected chi connectivity index (χ3v) is 5.03. The maximum Gasteiger partial charge on any atom is 0.325 e. The molecule has 2 N–H and O–H groups in total. The summed E-state index contributed by atoms with van der Waals surface area (Å²) in [5, 5.41) is 17.3. The second-order valence-corrected chi connectivity index (χ2v) is 7.55. The Balaban J connectivity index is 1.40. The topological polar surface area (TPSA) is 137 Å². The third-order valence-electron chi connectivity index (χ3n) is 4.17. The number of rotatable bonds is 10. The number of nitro benzene ring substituents is 1. The highest BCUT2D eigenvalue weighted by atomic mass is 32.1. The predicted octanol–water partition coefficient (Wildman–Crippen LogP) is 3.04. The Hall–Kier alpha value is -4.25. The molecule has 2 aromatic carbocycles. The highest BCUT2D eigenvalue weighted by Crippen LogP contribution is 2.24. The van der Waals surface area contributed by atoms with Crippen LogP contribution in [0.3, 0.4) is 0 Å². The van der Waals surface area contributed by atoms with Crippen LogP contribution in [0.2, 0.25) is 0 Å². The molecule has 1 heterocycles. The van der Waals surface area contributed by atoms with E-state index in [9.17, 15) is 24.5 Å². The van der Waals surface area contributed by atoms with Crippen molar-refractivity contribution in [3.8, 4) is 11.5 Å². The first-order valence-corrected chi connectivity index (χ1v) is 10.5. The minimum atomic E-state index is -0.644. The van der Waals surface area contributed by atoms with E-state index >= 15 is 0 Å². The zero-order valence-corrected chi connectivity index (χ0v) is 18.0. The summed E-state index contributed by atoms with van der Waals surface area (Å²) in [4.78, 5) is 46.2. The Morgan fingerprint density at radius 2 is 1.73 bits per heavy atom. The maximum atomic E-state index is 11.9. The van der Waals surface area contributed by atoms with Gasteiger partial charge in [0.05, 0.1) is 16.3 Å². The lowest BCUT2D eigenvalue weighted by atomic mass is 10.2. The Bertz CT molecular complexity index is 1130. The molecule has 10 nitrogen and oxygen atoms in total. The summed E-state index contributed by atoms with van der Waals surface area (Å²) >= 11 is 1.26. The number of carbonyl (C=O) groups is 3. The quantitative estimate of drug-likeness (QED) is 0.264. The van der Waals surface area contributed by atoms with Crippen molar-refractivity contribution in [1.29, 1.82) is 0 Å². The number of nitrogens with one attached hydrogen (secondary N) is 2. The third kappa shape index (κ3) is 7.43. The van der Waals surface area contributed by atoms with E-state index in [1.54, 1.807) is 41.8 Å². The number of nitro groups is 1. The molecule has 0 fully saturated rings. The summed E-state index contributed by atoms with van der Waals surface area (Å²) < 4.78 is 10.8. The summed E-state index contributed by atoms with van der Waals surface area (Å²) in [7, 11) is 0. The molecule has 1 aromatic heterocycles. The van der Waals surface area contributed by atoms with E-state index in [1.165, 1.54) is 35.6 Å². The lowest BCUT2D eigenvalue weighted by molar-refractivity contribution is -0.384. The van der Waals surface area contributed by atoms with E-state index in [-0.39, 0.29) is 31.3 Å². The van der Waals surface area contributed by atoms with Gasteiger partial charge < -0.3 is 20.1 Å². The number of nitrogens with zero attached hydrogens (tertiary/aromatic N) is 1. The lowest BCUT2D eigenvalue weighted by Crippen LogP contribution is -2.39. The van der Waals surface area contributed by atoms with Gasteiger partial charge in [-0.2, -0.15) is 0 Å². The molecule has 0 spiro atoms. The van der Waals surface area contributed by atoms with Crippen LogP contribution in [-0.4, -0.2) is 35.8 Å². The maximum absolute atomic E-state index is 11.9. The highest BCUT2D eigenvalue weighted by molar-refractivity contribution is 7.12. The standard InChI is InChI=1S/C22H19N3O7S/c26-20(12-24-22(28)19-5-2-10-33-19)23-13-21(27)31-14-15-3-1-4-18(11-15)32-17-8-6-16(7-9-17)25(29)30/h1-11H,12-14H2,(H,23,26)(H,24,28). The van der Waals surface area contributed by atoms with Crippen molar-refractivity contribution in [3.63, 3.8) is 0 Å². The lowest BCUT2D eigenvalue weighted by Gasteiger charge is -2.09. The Morgan fingerprint density at radius 3 is 2.42 bits per heavy atom. The number of hydrogen-bond donors (Lipinski definition) is 2. The van der Waals surface area contributed by atoms with Crippen LogP contribution in [-0.2, 0) is 20.9 Å². The molecule has 11 heteroatoms. The van der Waals surface area contributed by atoms with Crippen molar-refractivity contribution >= 4 is 34.8 Å². The second kappa shape index (κ2) is 11.4. The van der Waals surface area contributed by atoms with Crippen molar-refractivity contribution < 1.29 is 28.8 Å². The van der Waals surface area contributed by atoms with Gasteiger partial charge in [-0.1, -0.05) is 18.2 Å². The summed E-state index contributed by atoms with van der Waals surface area (Å²) in [6.07, 6.45) is 0. The molecule has 0 bridgehead atoms. The fourth-order valence-corrected chi connectivity index (χ4v) is 3.21. The van der Waals surface area contributed by atoms with Crippen molar-refractivity contribution in [2.75, 3.05) is 13.1 Å². The largest absolute Gasteiger partial charge is 0.460 e. The van der Waals surface area contributed by atoms with Gasteiger partial charge in [0.1, 0.15) is 24.7 Å². The smallest absolute Gasteiger partial charge is 0.325 e. The Labute approximate surface area is 192 Å². The van der Waals surface area contributed by atoms with E-state index in [1.807, 2.05) is 0 Å². The normalized spacial score (nSPS) is 10.2. The molecule has 0 aliphatic heterocycles. The number of carbonyl (C=O) groups excluding carboxylic acids is 3. The van der Waals surface area contributed by atoms with Crippen molar-refractivity contribution in [3.05, 3.63) is 86.6 Å². The van der Waals surface area contributed by atoms with Gasteiger partial charge in [0.15, 0.2) is 0 Å². The summed E-state index contributed by atoms with van der Waals surface area (Å²) in [6, 6.07) is 15.8. The van der Waals surface area contributed by atoms with Crippen LogP contribution in [0.5, 0.6) is 11.5 Å². The molecular formula is C22H19N3O7S. The van der Waals surface area contributed by atoms with E-state index in [0.29, 0.717) is 21.9 Å². The molecule has 33 heavy (non-hydrogen) atoms. The Morgan fingerprint density at radius 1 is 0.939 bits per heavy atom. The number of amides is 2. The average Bonchev–Trinajstić information content (AvgIpc) is 3.35. The van der Waals surface area contributed by atoms with Crippen LogP contribution in [0, 0.1) is 10.1 Å². The van der Waals surface area contributed by atoms with E-state index in [2.05, 4.69) is 10.6 Å². The van der Waals surface area contributed by atoms with Crippen LogP contribution in [0.15, 0.2) is 66.0 Å². The van der Waals surface area contributed by atoms with E-state index in [4.69, 9.17) is 9.47 Å². The molecule has 0 aliphatic rings. The van der Waals surface area contributed by atoms with Gasteiger partial charge in [-0.05, 0) is 41.3 Å². The van der Waals surface area contributed by atoms with Crippen LogP contribution in [0.4, 0.5) is 5.69 Å². The molecule has 3 rings (SSSR count). The van der Waals surface area contributed by atoms with Gasteiger partial charge in [0.25, 0.3) is 11.6 Å². The first kappa shape index (κ1) is 23.4. The Kier molecular flexibility index (Phi) is 8.08. The fraction of sp³-hybridized carbons (Fsp3) is 0.136. The van der Waals surface area contributed by atoms with Gasteiger partial charge in [-0.25, -0.2) is 0 Å². The SMILES string of the molecule is O=C(CNC(=O)c1cccs1)NCC(=O)OCc1cccc(Oc2ccc([N+](=O)[O-])cc2)c1. The molecule has 0 aliphatic carbocycles. The molecule has 0 saturated carbocycles. The first-order valence-electron chi connectivity index (χ1n) is 9.66. The van der Waals surface area contributed by atoms with Crippen LogP contribution in [0.1, 0.15) is 15.2 Å². The number of non-ortho nitro benzene ring substituents is 1. The summed E-state index contributed by atoms with van der Waals surface area (Å²) in [6.45, 7) is -0.639. The molecule has 0 unspecified atom stereocenters. The number of hydrogen-bond acceptors (Lipinski definition) is 8. The number of ether oxygens (including phenoxy) is 2. The van der Waals surface area contributed by atoms with Crippen molar-refractivity contribution in [1.82, 2.24) is 10.6 Å². The van der Waals surface area contributed by atoms with Crippen molar-refractivity contribution in [2.24, 2.45) is 0 Å². The molecular weight excluding hydrogens is 450 g/mol. The van der Waals surface area contributed by atoms with E-state index < -0.39 is 16.8 Å². The van der Waals surface area contributed by atoms with Crippen LogP contribution < -0.4 is 15.4 Å². The minimum Gasteiger partial charge on any atom is -0.460 e. The molecule has 0 radical (unpaired) electrons. The number of thiophene rings is 1. The van der Waals surface area contributed by atoms with Crippen molar-refractivity contribution in [2.45, 2.75) is 6.61 Å². The van der Waals surface area contributed by atoms with Gasteiger partial charge in [0.2, 0.25) is 5.91 Å². The van der Waals surface area contributed by atoms with Gasteiger partial charge >= 0.3 is 5.97 Å². The molecule has 170 valence electrons. The first-order chi connectivity index (χ1) is 15.9. The molecule has 0 atom stereocenters. The minimum absolute atomic E-state index is 0.0404. The van der Waals surface area contributed by atoms with E-state index in [0.717, 1.165) is 0 Å².